The van der Waals surface area contributed by atoms with Crippen LogP contribution in [-0.2, 0) is 4.79 Å². The molecule has 6 heteroatoms. The number of likely N-dealkylation sites (tertiary alicyclic amines) is 1. The third-order valence-electron chi connectivity index (χ3n) is 5.59. The maximum Gasteiger partial charge on any atom is 0.242 e. The first kappa shape index (κ1) is 16.8. The van der Waals surface area contributed by atoms with Crippen molar-refractivity contribution in [1.29, 1.82) is 0 Å². The fourth-order valence-corrected chi connectivity index (χ4v) is 5.98. The highest BCUT2D eigenvalue weighted by Crippen LogP contribution is 2.52. The van der Waals surface area contributed by atoms with Crippen molar-refractivity contribution in [3.63, 3.8) is 0 Å². The van der Waals surface area contributed by atoms with Crippen LogP contribution in [0.5, 0.6) is 0 Å². The number of carbonyl (C=O) groups excluding carboxylic acids is 1. The molecule has 1 saturated heterocycles. The lowest BCUT2D eigenvalue weighted by Crippen LogP contribution is -2.40. The predicted molar refractivity (Wildman–Crippen MR) is 102 cm³/mol. The molecule has 134 valence electrons. The number of aryl methyl sites for hydroxylation is 1. The lowest BCUT2D eigenvalue weighted by Gasteiger charge is -2.39. The molecule has 0 radical (unpaired) electrons. The van der Waals surface area contributed by atoms with E-state index in [0.29, 0.717) is 18.0 Å². The minimum atomic E-state index is 0.185. The van der Waals surface area contributed by atoms with Crippen LogP contribution in [0.1, 0.15) is 44.9 Å². The van der Waals surface area contributed by atoms with E-state index in [1.165, 1.54) is 11.3 Å². The zero-order chi connectivity index (χ0) is 17.8. The third-order valence-corrected chi connectivity index (χ3v) is 6.55. The molecule has 3 heterocycles. The summed E-state index contributed by atoms with van der Waals surface area (Å²) in [6, 6.07) is 2.47. The Morgan fingerprint density at radius 2 is 2.16 bits per heavy atom. The molecule has 2 unspecified atom stereocenters. The molecule has 5 nitrogen and oxygen atoms in total. The molecule has 1 saturated carbocycles. The number of aromatic nitrogens is 2. The zero-order valence-electron chi connectivity index (χ0n) is 15.4. The van der Waals surface area contributed by atoms with Crippen molar-refractivity contribution in [2.45, 2.75) is 53.0 Å². The van der Waals surface area contributed by atoms with Crippen molar-refractivity contribution in [3.8, 4) is 0 Å². The van der Waals surface area contributed by atoms with Gasteiger partial charge in [0.1, 0.15) is 17.0 Å². The lowest BCUT2D eigenvalue weighted by molar-refractivity contribution is -0.130. The summed E-state index contributed by atoms with van der Waals surface area (Å²) in [5, 5.41) is 4.26. The second-order valence-electron chi connectivity index (χ2n) is 8.89. The number of nitrogens with zero attached hydrogens (tertiary/aromatic N) is 3. The van der Waals surface area contributed by atoms with Gasteiger partial charge in [0.15, 0.2) is 0 Å². The number of carbonyl (C=O) groups is 1. The van der Waals surface area contributed by atoms with Crippen LogP contribution in [-0.4, -0.2) is 39.9 Å². The second-order valence-corrected chi connectivity index (χ2v) is 10.1. The number of hydrogen-bond donors (Lipinski definition) is 1. The van der Waals surface area contributed by atoms with E-state index in [9.17, 15) is 4.79 Å². The first-order valence-corrected chi connectivity index (χ1v) is 9.81. The Balaban J connectivity index is 1.48. The molecule has 4 rings (SSSR count). The van der Waals surface area contributed by atoms with Crippen molar-refractivity contribution < 1.29 is 4.79 Å². The Kier molecular flexibility index (Phi) is 3.79. The highest BCUT2D eigenvalue weighted by atomic mass is 32.1. The third kappa shape index (κ3) is 3.12. The summed E-state index contributed by atoms with van der Waals surface area (Å²) in [5.74, 6) is 0.946. The van der Waals surface area contributed by atoms with Gasteiger partial charge >= 0.3 is 0 Å². The molecule has 2 aromatic rings. The Morgan fingerprint density at radius 3 is 2.96 bits per heavy atom. The van der Waals surface area contributed by atoms with Gasteiger partial charge in [0.25, 0.3) is 0 Å². The van der Waals surface area contributed by atoms with Crippen molar-refractivity contribution in [2.24, 2.45) is 10.8 Å². The maximum atomic E-state index is 12.9. The Bertz CT molecular complexity index is 830. The average Bonchev–Trinajstić information content (AvgIpc) is 3.00. The number of fused-ring (bicyclic) bond motifs is 3. The van der Waals surface area contributed by atoms with E-state index in [1.54, 1.807) is 17.7 Å². The molecule has 1 N–H and O–H groups in total. The highest BCUT2D eigenvalue weighted by molar-refractivity contribution is 7.18. The van der Waals surface area contributed by atoms with E-state index < -0.39 is 0 Å². The van der Waals surface area contributed by atoms with Gasteiger partial charge in [0.05, 0.1) is 11.9 Å². The molecule has 2 atom stereocenters. The minimum absolute atomic E-state index is 0.185. The normalized spacial score (nSPS) is 27.7. The lowest BCUT2D eigenvalue weighted by atomic mass is 9.65. The minimum Gasteiger partial charge on any atom is -0.360 e. The fraction of sp³-hybridized carbons (Fsp3) is 0.632. The standard InChI is InChI=1S/C19H26N4OS/c1-12-5-14-16(21-11-22-17(14)25-12)20-8-15(24)23-10-19(4)7-13(23)6-18(2,3)9-19/h5,11,13H,6-10H2,1-4H3,(H,20,21,22). The summed E-state index contributed by atoms with van der Waals surface area (Å²) in [6.07, 6.45) is 5.02. The Hall–Kier alpha value is -1.69. The smallest absolute Gasteiger partial charge is 0.242 e. The van der Waals surface area contributed by atoms with Crippen LogP contribution in [0.2, 0.25) is 0 Å². The molecule has 1 amide bonds. The van der Waals surface area contributed by atoms with Crippen LogP contribution < -0.4 is 5.32 Å². The number of thiophene rings is 1. The first-order valence-electron chi connectivity index (χ1n) is 8.99. The van der Waals surface area contributed by atoms with Gasteiger partial charge in [-0.15, -0.1) is 11.3 Å². The average molecular weight is 359 g/mol. The van der Waals surface area contributed by atoms with Gasteiger partial charge in [-0.2, -0.15) is 0 Å². The van der Waals surface area contributed by atoms with Gasteiger partial charge in [-0.25, -0.2) is 9.97 Å². The maximum absolute atomic E-state index is 12.9. The van der Waals surface area contributed by atoms with Gasteiger partial charge in [-0.05, 0) is 43.1 Å². The van der Waals surface area contributed by atoms with Crippen molar-refractivity contribution in [3.05, 3.63) is 17.3 Å². The number of hydrogen-bond acceptors (Lipinski definition) is 5. The molecule has 0 spiro atoms. The van der Waals surface area contributed by atoms with Gasteiger partial charge in [-0.1, -0.05) is 20.8 Å². The number of anilines is 1. The molecule has 1 aliphatic carbocycles. The topological polar surface area (TPSA) is 58.1 Å². The van der Waals surface area contributed by atoms with Crippen molar-refractivity contribution in [1.82, 2.24) is 14.9 Å². The van der Waals surface area contributed by atoms with E-state index in [2.05, 4.69) is 53.9 Å². The van der Waals surface area contributed by atoms with Crippen molar-refractivity contribution in [2.75, 3.05) is 18.4 Å². The number of nitrogens with one attached hydrogen (secondary N) is 1. The summed E-state index contributed by atoms with van der Waals surface area (Å²) in [6.45, 7) is 10.3. The van der Waals surface area contributed by atoms with Crippen molar-refractivity contribution >= 4 is 33.3 Å². The van der Waals surface area contributed by atoms with Gasteiger partial charge in [0, 0.05) is 17.5 Å². The molecule has 25 heavy (non-hydrogen) atoms. The summed E-state index contributed by atoms with van der Waals surface area (Å²) in [5.41, 5.74) is 0.599. The number of rotatable bonds is 3. The van der Waals surface area contributed by atoms with Crippen LogP contribution in [0, 0.1) is 17.8 Å². The molecule has 1 aliphatic heterocycles. The zero-order valence-corrected chi connectivity index (χ0v) is 16.2. The Morgan fingerprint density at radius 1 is 1.36 bits per heavy atom. The van der Waals surface area contributed by atoms with E-state index in [1.807, 2.05) is 0 Å². The van der Waals surface area contributed by atoms with E-state index in [0.717, 1.165) is 35.4 Å². The Labute approximate surface area is 152 Å². The van der Waals surface area contributed by atoms with E-state index in [-0.39, 0.29) is 11.3 Å². The monoisotopic (exact) mass is 358 g/mol. The SMILES string of the molecule is Cc1cc2c(NCC(=O)N3CC4(C)CC3CC(C)(C)C4)ncnc2s1. The largest absolute Gasteiger partial charge is 0.360 e. The highest BCUT2D eigenvalue weighted by Gasteiger charge is 2.50. The van der Waals surface area contributed by atoms with Crippen LogP contribution in [0.3, 0.4) is 0 Å². The molecular weight excluding hydrogens is 332 g/mol. The second kappa shape index (κ2) is 5.66. The summed E-state index contributed by atoms with van der Waals surface area (Å²) in [4.78, 5) is 25.8. The summed E-state index contributed by atoms with van der Waals surface area (Å²) < 4.78 is 0. The van der Waals surface area contributed by atoms with Crippen LogP contribution >= 0.6 is 11.3 Å². The van der Waals surface area contributed by atoms with Gasteiger partial charge < -0.3 is 10.2 Å². The van der Waals surface area contributed by atoms with E-state index >= 15 is 0 Å². The van der Waals surface area contributed by atoms with Crippen LogP contribution in [0.4, 0.5) is 5.82 Å². The quantitative estimate of drug-likeness (QED) is 0.906. The predicted octanol–water partition coefficient (Wildman–Crippen LogP) is 3.84. The van der Waals surface area contributed by atoms with Gasteiger partial charge in [-0.3, -0.25) is 4.79 Å². The molecule has 2 fully saturated rings. The molecule has 2 aliphatic rings. The summed E-state index contributed by atoms with van der Waals surface area (Å²) >= 11 is 1.65. The first-order chi connectivity index (χ1) is 11.7. The number of amides is 1. The van der Waals surface area contributed by atoms with Gasteiger partial charge in [0.2, 0.25) is 5.91 Å². The molecule has 2 aromatic heterocycles. The fourth-order valence-electron chi connectivity index (χ4n) is 5.13. The molecule has 0 aromatic carbocycles. The van der Waals surface area contributed by atoms with Crippen LogP contribution in [0.15, 0.2) is 12.4 Å². The van der Waals surface area contributed by atoms with E-state index in [4.69, 9.17) is 0 Å². The van der Waals surface area contributed by atoms with Crippen LogP contribution in [0.25, 0.3) is 10.2 Å². The molecular formula is C19H26N4OS. The summed E-state index contributed by atoms with van der Waals surface area (Å²) in [7, 11) is 0. The molecule has 2 bridgehead atoms.